The number of hydrogen-bond acceptors (Lipinski definition) is 7. The average Bonchev–Trinajstić information content (AvgIpc) is 3.26. The zero-order valence-electron chi connectivity index (χ0n) is 17.1. The normalized spacial score (nSPS) is 15.2. The maximum Gasteiger partial charge on any atom is 0.163 e. The highest BCUT2D eigenvalue weighted by Crippen LogP contribution is 2.35. The first-order valence-corrected chi connectivity index (χ1v) is 10.9. The number of hydrogen-bond donors (Lipinski definition) is 2. The van der Waals surface area contributed by atoms with Crippen LogP contribution >= 0.6 is 15.9 Å². The van der Waals surface area contributed by atoms with Crippen molar-refractivity contribution in [1.29, 1.82) is 0 Å². The van der Waals surface area contributed by atoms with Crippen molar-refractivity contribution in [1.82, 2.24) is 14.9 Å². The zero-order chi connectivity index (χ0) is 21.8. The van der Waals surface area contributed by atoms with Crippen molar-refractivity contribution in [3.63, 3.8) is 0 Å². The van der Waals surface area contributed by atoms with Gasteiger partial charge in [-0.15, -0.1) is 0 Å². The topological polar surface area (TPSA) is 79.7 Å². The minimum atomic E-state index is -0.596. The van der Waals surface area contributed by atoms with Gasteiger partial charge in [-0.1, -0.05) is 15.9 Å². The highest BCUT2D eigenvalue weighted by Gasteiger charge is 2.18. The quantitative estimate of drug-likeness (QED) is 0.491. The van der Waals surface area contributed by atoms with Crippen LogP contribution in [0.3, 0.4) is 0 Å². The lowest BCUT2D eigenvalue weighted by Crippen LogP contribution is -2.33. The van der Waals surface area contributed by atoms with E-state index in [1.54, 1.807) is 31.4 Å². The SMILES string of the molecule is COc1cc2c(Nc3ccc(Br)cc3F)ncnc2cc1OCC(O)CN1CCCC1. The van der Waals surface area contributed by atoms with Gasteiger partial charge in [0.1, 0.15) is 30.7 Å². The number of methoxy groups -OCH3 is 1. The molecule has 0 bridgehead atoms. The molecule has 0 saturated carbocycles. The maximum absolute atomic E-state index is 14.3. The third-order valence-electron chi connectivity index (χ3n) is 5.20. The molecule has 9 heteroatoms. The molecule has 2 aromatic carbocycles. The van der Waals surface area contributed by atoms with Gasteiger partial charge in [0.05, 0.1) is 18.3 Å². The van der Waals surface area contributed by atoms with Gasteiger partial charge in [-0.3, -0.25) is 0 Å². The Balaban J connectivity index is 1.54. The van der Waals surface area contributed by atoms with Crippen molar-refractivity contribution < 1.29 is 19.0 Å². The molecule has 1 atom stereocenters. The number of anilines is 2. The number of aliphatic hydroxyl groups excluding tert-OH is 1. The van der Waals surface area contributed by atoms with Crippen LogP contribution in [0.5, 0.6) is 11.5 Å². The molecular weight excluding hydrogens is 467 g/mol. The van der Waals surface area contributed by atoms with Crippen molar-refractivity contribution in [3.8, 4) is 11.5 Å². The van der Waals surface area contributed by atoms with Gasteiger partial charge in [0, 0.05) is 22.5 Å². The summed E-state index contributed by atoms with van der Waals surface area (Å²) in [5.41, 5.74) is 0.910. The summed E-state index contributed by atoms with van der Waals surface area (Å²) in [7, 11) is 1.54. The monoisotopic (exact) mass is 490 g/mol. The number of benzene rings is 2. The van der Waals surface area contributed by atoms with Crippen LogP contribution in [0.25, 0.3) is 10.9 Å². The predicted molar refractivity (Wildman–Crippen MR) is 121 cm³/mol. The molecular formula is C22H24BrFN4O3. The smallest absolute Gasteiger partial charge is 0.163 e. The molecule has 7 nitrogen and oxygen atoms in total. The number of nitrogens with one attached hydrogen (secondary N) is 1. The van der Waals surface area contributed by atoms with E-state index in [1.807, 2.05) is 0 Å². The number of β-amino-alcohol motifs (C(OH)–C–C–N with tert-alkyl or cyclic N) is 1. The highest BCUT2D eigenvalue weighted by molar-refractivity contribution is 9.10. The molecule has 2 N–H and O–H groups in total. The molecule has 4 rings (SSSR count). The Morgan fingerprint density at radius 2 is 2.00 bits per heavy atom. The number of fused-ring (bicyclic) bond motifs is 1. The molecule has 31 heavy (non-hydrogen) atoms. The highest BCUT2D eigenvalue weighted by atomic mass is 79.9. The first-order chi connectivity index (χ1) is 15.0. The van der Waals surface area contributed by atoms with Crippen LogP contribution < -0.4 is 14.8 Å². The summed E-state index contributed by atoms with van der Waals surface area (Å²) in [6, 6.07) is 8.24. The van der Waals surface area contributed by atoms with Gasteiger partial charge >= 0.3 is 0 Å². The van der Waals surface area contributed by atoms with Crippen molar-refractivity contribution in [2.24, 2.45) is 0 Å². The summed E-state index contributed by atoms with van der Waals surface area (Å²) in [6.07, 6.45) is 3.15. The van der Waals surface area contributed by atoms with Crippen LogP contribution in [0.1, 0.15) is 12.8 Å². The molecule has 1 aromatic heterocycles. The molecule has 164 valence electrons. The van der Waals surface area contributed by atoms with E-state index in [9.17, 15) is 9.50 Å². The number of aliphatic hydroxyl groups is 1. The van der Waals surface area contributed by atoms with E-state index >= 15 is 0 Å². The molecule has 3 aromatic rings. The van der Waals surface area contributed by atoms with Gasteiger partial charge in [0.2, 0.25) is 0 Å². The first kappa shape index (κ1) is 21.7. The number of nitrogens with zero attached hydrogens (tertiary/aromatic N) is 3. The third-order valence-corrected chi connectivity index (χ3v) is 5.70. The van der Waals surface area contributed by atoms with Crippen molar-refractivity contribution >= 4 is 38.3 Å². The minimum absolute atomic E-state index is 0.151. The molecule has 0 spiro atoms. The van der Waals surface area contributed by atoms with Crippen LogP contribution in [0, 0.1) is 5.82 Å². The fourth-order valence-corrected chi connectivity index (χ4v) is 3.99. The molecule has 0 amide bonds. The lowest BCUT2D eigenvalue weighted by molar-refractivity contribution is 0.0747. The van der Waals surface area contributed by atoms with E-state index in [1.165, 1.54) is 25.2 Å². The molecule has 1 aliphatic heterocycles. The van der Waals surface area contributed by atoms with Crippen LogP contribution in [0.15, 0.2) is 41.1 Å². The number of halogens is 2. The van der Waals surface area contributed by atoms with E-state index in [0.717, 1.165) is 13.1 Å². The lowest BCUT2D eigenvalue weighted by atomic mass is 10.2. The van der Waals surface area contributed by atoms with Gasteiger partial charge in [-0.2, -0.15) is 0 Å². The third kappa shape index (κ3) is 5.23. The van der Waals surface area contributed by atoms with Crippen LogP contribution in [-0.2, 0) is 0 Å². The Morgan fingerprint density at radius 3 is 2.74 bits per heavy atom. The van der Waals surface area contributed by atoms with E-state index in [-0.39, 0.29) is 6.61 Å². The van der Waals surface area contributed by atoms with Gasteiger partial charge in [0.25, 0.3) is 0 Å². The fourth-order valence-electron chi connectivity index (χ4n) is 3.66. The molecule has 1 saturated heterocycles. The second kappa shape index (κ2) is 9.76. The minimum Gasteiger partial charge on any atom is -0.493 e. The van der Waals surface area contributed by atoms with Crippen molar-refractivity contribution in [3.05, 3.63) is 46.9 Å². The molecule has 1 unspecified atom stereocenters. The van der Waals surface area contributed by atoms with Gasteiger partial charge in [0.15, 0.2) is 11.5 Å². The standard InChI is InChI=1S/C22H24BrFN4O3/c1-30-20-9-16-19(10-21(20)31-12-15(29)11-28-6-2-3-7-28)25-13-26-22(16)27-18-5-4-14(23)8-17(18)24/h4-5,8-10,13,15,29H,2-3,6-7,11-12H2,1H3,(H,25,26,27). The second-order valence-corrected chi connectivity index (χ2v) is 8.38. The molecule has 1 aliphatic rings. The summed E-state index contributed by atoms with van der Waals surface area (Å²) in [5.74, 6) is 1.01. The largest absolute Gasteiger partial charge is 0.493 e. The second-order valence-electron chi connectivity index (χ2n) is 7.46. The average molecular weight is 491 g/mol. The van der Waals surface area contributed by atoms with Gasteiger partial charge < -0.3 is 24.8 Å². The summed E-state index contributed by atoms with van der Waals surface area (Å²) in [5, 5.41) is 14.0. The number of rotatable bonds is 8. The van der Waals surface area contributed by atoms with E-state index in [4.69, 9.17) is 9.47 Å². The van der Waals surface area contributed by atoms with Gasteiger partial charge in [-0.05, 0) is 50.2 Å². The fraction of sp³-hybridized carbons (Fsp3) is 0.364. The van der Waals surface area contributed by atoms with Crippen molar-refractivity contribution in [2.75, 3.05) is 38.7 Å². The summed E-state index contributed by atoms with van der Waals surface area (Å²) in [4.78, 5) is 10.8. The summed E-state index contributed by atoms with van der Waals surface area (Å²) >= 11 is 3.25. The zero-order valence-corrected chi connectivity index (χ0v) is 18.7. The maximum atomic E-state index is 14.3. The Labute approximate surface area is 188 Å². The Hall–Kier alpha value is -2.49. The Morgan fingerprint density at radius 1 is 1.19 bits per heavy atom. The van der Waals surface area contributed by atoms with Crippen LogP contribution in [0.4, 0.5) is 15.9 Å². The molecule has 0 aliphatic carbocycles. The Kier molecular flexibility index (Phi) is 6.84. The number of aromatic nitrogens is 2. The van der Waals surface area contributed by atoms with Gasteiger partial charge in [-0.25, -0.2) is 14.4 Å². The molecule has 1 fully saturated rings. The number of ether oxygens (including phenoxy) is 2. The lowest BCUT2D eigenvalue weighted by Gasteiger charge is -2.20. The summed E-state index contributed by atoms with van der Waals surface area (Å²) < 4.78 is 26.2. The van der Waals surface area contributed by atoms with Crippen LogP contribution in [0.2, 0.25) is 0 Å². The van der Waals surface area contributed by atoms with E-state index in [2.05, 4.69) is 36.1 Å². The van der Waals surface area contributed by atoms with E-state index < -0.39 is 11.9 Å². The predicted octanol–water partition coefficient (Wildman–Crippen LogP) is 4.12. The van der Waals surface area contributed by atoms with Crippen LogP contribution in [-0.4, -0.2) is 59.4 Å². The Bertz CT molecular complexity index is 1060. The first-order valence-electron chi connectivity index (χ1n) is 10.1. The molecule has 0 radical (unpaired) electrons. The van der Waals surface area contributed by atoms with Crippen molar-refractivity contribution in [2.45, 2.75) is 18.9 Å². The summed E-state index contributed by atoms with van der Waals surface area (Å²) in [6.45, 7) is 2.77. The number of likely N-dealkylation sites (tertiary alicyclic amines) is 1. The van der Waals surface area contributed by atoms with E-state index in [0.29, 0.717) is 44.9 Å². The molecule has 2 heterocycles.